The van der Waals surface area contributed by atoms with Gasteiger partial charge in [0.25, 0.3) is 0 Å². The molecular formula is C49H100O16S4. The van der Waals surface area contributed by atoms with Crippen LogP contribution in [0.3, 0.4) is 0 Å². The zero-order valence-electron chi connectivity index (χ0n) is 43.8. The molecule has 0 bridgehead atoms. The number of hydrogen-bond donors (Lipinski definition) is 0. The Morgan fingerprint density at radius 2 is 0.319 bits per heavy atom. The first kappa shape index (κ1) is 77.4. The van der Waals surface area contributed by atoms with Gasteiger partial charge in [-0.1, -0.05) is 259 Å². The normalized spacial score (nSPS) is 11.7. The van der Waals surface area contributed by atoms with Crippen LogP contribution in [0.4, 0.5) is 0 Å². The summed E-state index contributed by atoms with van der Waals surface area (Å²) in [5, 5.41) is 0. The van der Waals surface area contributed by atoms with Gasteiger partial charge in [-0.25, -0.2) is 33.7 Å². The second kappa shape index (κ2) is 58.4. The van der Waals surface area contributed by atoms with Gasteiger partial charge in [-0.15, -0.1) is 0 Å². The average Bonchev–Trinajstić information content (AvgIpc) is 3.25. The Kier molecular flexibility index (Phi) is 65.5. The van der Waals surface area contributed by atoms with E-state index in [9.17, 15) is 51.9 Å². The van der Waals surface area contributed by atoms with Crippen molar-refractivity contribution in [1.29, 1.82) is 0 Å². The second-order valence-electron chi connectivity index (χ2n) is 17.6. The van der Waals surface area contributed by atoms with Crippen molar-refractivity contribution < 1.29 is 68.6 Å². The molecule has 0 aliphatic heterocycles. The quantitative estimate of drug-likeness (QED) is 0.0311. The molecule has 0 aliphatic rings. The molecule has 0 unspecified atom stereocenters. The van der Waals surface area contributed by atoms with E-state index in [-0.39, 0.29) is 33.9 Å². The summed E-state index contributed by atoms with van der Waals surface area (Å²) in [6.45, 7) is 8.97. The van der Waals surface area contributed by atoms with E-state index >= 15 is 0 Å². The molecule has 0 saturated heterocycles. The maximum Gasteiger partial charge on any atom is 4.00 e. The molecule has 20 heteroatoms. The predicted molar refractivity (Wildman–Crippen MR) is 273 cm³/mol. The van der Waals surface area contributed by atoms with Crippen LogP contribution in [0.25, 0.3) is 0 Å². The largest absolute Gasteiger partial charge is 4.00 e. The van der Waals surface area contributed by atoms with Gasteiger partial charge >= 0.3 is 7.43 Å². The molecule has 0 radical (unpaired) electrons. The van der Waals surface area contributed by atoms with Crippen molar-refractivity contribution in [3.63, 3.8) is 0 Å². The summed E-state index contributed by atoms with van der Waals surface area (Å²) in [5.41, 5.74) is 0. The predicted octanol–water partition coefficient (Wildman–Crippen LogP) is 13.6. The Morgan fingerprint density at radius 3 is 0.420 bits per heavy atom. The molecule has 0 atom stereocenters. The van der Waals surface area contributed by atoms with Gasteiger partial charge in [0, 0.05) is 0 Å². The first-order valence-corrected chi connectivity index (χ1v) is 32.0. The molecule has 416 valence electrons. The molecule has 0 saturated carbocycles. The Morgan fingerprint density at radius 1 is 0.217 bits per heavy atom. The fourth-order valence-corrected chi connectivity index (χ4v) is 8.29. The molecule has 0 aromatic carbocycles. The summed E-state index contributed by atoms with van der Waals surface area (Å²) in [6.07, 6.45) is 46.8. The third-order valence-corrected chi connectivity index (χ3v) is 12.7. The van der Waals surface area contributed by atoms with Gasteiger partial charge in [0.05, 0.1) is 26.4 Å². The van der Waals surface area contributed by atoms with Gasteiger partial charge in [0.2, 0.25) is 41.6 Å². The fourth-order valence-electron chi connectivity index (χ4n) is 7.00. The van der Waals surface area contributed by atoms with Crippen LogP contribution in [0.2, 0.25) is 0 Å². The molecule has 0 aromatic heterocycles. The summed E-state index contributed by atoms with van der Waals surface area (Å²) in [5.74, 6) is 0. The number of unbranched alkanes of at least 4 members (excludes halogenated alkanes) is 36. The van der Waals surface area contributed by atoms with Crippen molar-refractivity contribution in [2.24, 2.45) is 0 Å². The topological polar surface area (TPSA) is 266 Å². The van der Waals surface area contributed by atoms with E-state index in [0.29, 0.717) is 25.7 Å². The Balaban J connectivity index is -0.000000263. The SMILES string of the molecule is CCCCCCCCCCCCOS(=O)(=O)[O-].CCCCCCCCCCCCOS(=O)(=O)[O-].CCCCCCCCCCCCOS(=O)(=O)[O-].CCCCCCCCCCCCOS(=O)(=O)[O-].[C+4]. The van der Waals surface area contributed by atoms with E-state index in [0.717, 1.165) is 51.4 Å². The monoisotopic (exact) mass is 1070 g/mol. The third kappa shape index (κ3) is 94.0. The van der Waals surface area contributed by atoms with Gasteiger partial charge in [-0.05, 0) is 25.7 Å². The zero-order valence-corrected chi connectivity index (χ0v) is 47.0. The van der Waals surface area contributed by atoms with Crippen LogP contribution < -0.4 is 0 Å². The molecular weight excluding hydrogens is 973 g/mol. The Hall–Kier alpha value is -0.520. The average molecular weight is 1070 g/mol. The molecule has 0 fully saturated rings. The molecule has 0 aliphatic carbocycles. The summed E-state index contributed by atoms with van der Waals surface area (Å²) >= 11 is 0. The number of rotatable bonds is 48. The van der Waals surface area contributed by atoms with Gasteiger partial charge in [0.15, 0.2) is 0 Å². The Bertz CT molecular complexity index is 1210. The van der Waals surface area contributed by atoms with E-state index in [4.69, 9.17) is 0 Å². The van der Waals surface area contributed by atoms with Crippen LogP contribution in [0.15, 0.2) is 0 Å². The van der Waals surface area contributed by atoms with Crippen molar-refractivity contribution in [3.8, 4) is 0 Å². The molecule has 0 aromatic rings. The van der Waals surface area contributed by atoms with Crippen molar-refractivity contribution >= 4 is 41.6 Å². The minimum absolute atomic E-state index is 0. The van der Waals surface area contributed by atoms with E-state index in [1.165, 1.54) is 180 Å². The molecule has 0 rings (SSSR count). The fraction of sp³-hybridized carbons (Fsp3) is 0.980. The summed E-state index contributed by atoms with van der Waals surface area (Å²) in [7, 11) is -17.9. The van der Waals surface area contributed by atoms with Crippen molar-refractivity contribution in [1.82, 2.24) is 0 Å². The van der Waals surface area contributed by atoms with Crippen LogP contribution in [0, 0.1) is 7.43 Å². The van der Waals surface area contributed by atoms with Crippen molar-refractivity contribution in [3.05, 3.63) is 7.43 Å². The third-order valence-electron chi connectivity index (χ3n) is 10.9. The van der Waals surface area contributed by atoms with Crippen molar-refractivity contribution in [2.75, 3.05) is 26.4 Å². The minimum atomic E-state index is -4.48. The number of hydrogen-bond acceptors (Lipinski definition) is 16. The van der Waals surface area contributed by atoms with Crippen LogP contribution in [-0.4, -0.2) is 78.3 Å². The van der Waals surface area contributed by atoms with E-state index < -0.39 is 41.6 Å². The van der Waals surface area contributed by atoms with Crippen molar-refractivity contribution in [2.45, 2.75) is 285 Å². The van der Waals surface area contributed by atoms with Gasteiger partial charge in [-0.3, -0.25) is 16.7 Å². The van der Waals surface area contributed by atoms with E-state index in [1.807, 2.05) is 0 Å². The van der Waals surface area contributed by atoms with Crippen LogP contribution >= 0.6 is 0 Å². The van der Waals surface area contributed by atoms with E-state index in [1.54, 1.807) is 0 Å². The second-order valence-corrected chi connectivity index (χ2v) is 21.9. The van der Waals surface area contributed by atoms with Crippen LogP contribution in [0.1, 0.15) is 285 Å². The van der Waals surface area contributed by atoms with Gasteiger partial charge in [0.1, 0.15) is 0 Å². The molecule has 0 spiro atoms. The Labute approximate surface area is 426 Å². The smallest absolute Gasteiger partial charge is 0.726 e. The van der Waals surface area contributed by atoms with Gasteiger partial charge in [-0.2, -0.15) is 0 Å². The standard InChI is InChI=1S/4C12H26O4S.C/c4*1-2-3-4-5-6-7-8-9-10-11-12-16-17(13,14)15;/h4*2-12H2,1H3,(H,13,14,15);/q;;;;+4/p-4. The van der Waals surface area contributed by atoms with Crippen LogP contribution in [-0.2, 0) is 58.3 Å². The maximum atomic E-state index is 10.1. The minimum Gasteiger partial charge on any atom is -0.726 e. The molecule has 0 amide bonds. The van der Waals surface area contributed by atoms with E-state index in [2.05, 4.69) is 44.4 Å². The summed E-state index contributed by atoms with van der Waals surface area (Å²) < 4.78 is 138. The summed E-state index contributed by atoms with van der Waals surface area (Å²) in [6, 6.07) is 0. The molecule has 69 heavy (non-hydrogen) atoms. The molecule has 16 nitrogen and oxygen atoms in total. The zero-order chi connectivity index (χ0) is 51.9. The summed E-state index contributed by atoms with van der Waals surface area (Å²) in [4.78, 5) is 0. The maximum absolute atomic E-state index is 10.1. The molecule has 0 N–H and O–H groups in total. The first-order chi connectivity index (χ1) is 32.2. The van der Waals surface area contributed by atoms with Crippen LogP contribution in [0.5, 0.6) is 0 Å². The first-order valence-electron chi connectivity index (χ1n) is 26.6. The van der Waals surface area contributed by atoms with Gasteiger partial charge < -0.3 is 18.2 Å². The molecule has 0 heterocycles.